The monoisotopic (exact) mass is 288 g/mol. The molecule has 3 N–H and O–H groups in total. The third-order valence-electron chi connectivity index (χ3n) is 2.90. The van der Waals surface area contributed by atoms with Crippen LogP contribution in [-0.4, -0.2) is 19.1 Å². The van der Waals surface area contributed by atoms with E-state index >= 15 is 0 Å². The summed E-state index contributed by atoms with van der Waals surface area (Å²) in [5.41, 5.74) is 7.17. The molecule has 2 aromatic rings. The Hall–Kier alpha value is -2.56. The van der Waals surface area contributed by atoms with Crippen LogP contribution in [0.2, 0.25) is 0 Å². The van der Waals surface area contributed by atoms with Crippen molar-refractivity contribution in [3.63, 3.8) is 0 Å². The van der Waals surface area contributed by atoms with Crippen LogP contribution in [0, 0.1) is 5.82 Å². The fourth-order valence-corrected chi connectivity index (χ4v) is 1.76. The third-order valence-corrected chi connectivity index (χ3v) is 2.90. The van der Waals surface area contributed by atoms with Crippen LogP contribution >= 0.6 is 0 Å². The SMILES string of the molecule is Nc1ccc(OCC(=O)NCCc2ccc(F)cc2)cc1. The molecule has 0 heterocycles. The second-order valence-electron chi connectivity index (χ2n) is 4.58. The molecule has 0 saturated heterocycles. The van der Waals surface area contributed by atoms with Crippen molar-refractivity contribution in [2.45, 2.75) is 6.42 Å². The topological polar surface area (TPSA) is 64.3 Å². The van der Waals surface area contributed by atoms with E-state index in [1.54, 1.807) is 36.4 Å². The molecule has 0 radical (unpaired) electrons. The van der Waals surface area contributed by atoms with Crippen molar-refractivity contribution in [1.82, 2.24) is 5.32 Å². The van der Waals surface area contributed by atoms with Gasteiger partial charge in [-0.05, 0) is 48.4 Å². The number of rotatable bonds is 6. The summed E-state index contributed by atoms with van der Waals surface area (Å²) < 4.78 is 18.1. The summed E-state index contributed by atoms with van der Waals surface area (Å²) in [7, 11) is 0. The molecule has 4 nitrogen and oxygen atoms in total. The summed E-state index contributed by atoms with van der Waals surface area (Å²) in [6, 6.07) is 13.0. The van der Waals surface area contributed by atoms with Crippen LogP contribution in [-0.2, 0) is 11.2 Å². The van der Waals surface area contributed by atoms with Crippen molar-refractivity contribution in [2.24, 2.45) is 0 Å². The summed E-state index contributed by atoms with van der Waals surface area (Å²) in [6.07, 6.45) is 0.647. The minimum atomic E-state index is -0.264. The predicted octanol–water partition coefficient (Wildman–Crippen LogP) is 2.15. The highest BCUT2D eigenvalue weighted by Gasteiger charge is 2.02. The van der Waals surface area contributed by atoms with Crippen molar-refractivity contribution < 1.29 is 13.9 Å². The highest BCUT2D eigenvalue weighted by atomic mass is 19.1. The summed E-state index contributed by atoms with van der Waals surface area (Å²) >= 11 is 0. The van der Waals surface area contributed by atoms with Gasteiger partial charge in [-0.15, -0.1) is 0 Å². The van der Waals surface area contributed by atoms with Crippen LogP contribution in [0.1, 0.15) is 5.56 Å². The normalized spacial score (nSPS) is 10.1. The molecular weight excluding hydrogens is 271 g/mol. The van der Waals surface area contributed by atoms with Gasteiger partial charge >= 0.3 is 0 Å². The number of anilines is 1. The third kappa shape index (κ3) is 5.14. The standard InChI is InChI=1S/C16H17FN2O2/c17-13-3-1-12(2-4-13)9-10-19-16(20)11-21-15-7-5-14(18)6-8-15/h1-8H,9-11,18H2,(H,19,20). The van der Waals surface area contributed by atoms with E-state index in [-0.39, 0.29) is 18.3 Å². The zero-order valence-electron chi connectivity index (χ0n) is 11.5. The molecule has 2 rings (SSSR count). The van der Waals surface area contributed by atoms with Gasteiger partial charge in [-0.25, -0.2) is 4.39 Å². The van der Waals surface area contributed by atoms with E-state index in [1.807, 2.05) is 0 Å². The number of nitrogens with one attached hydrogen (secondary N) is 1. The maximum absolute atomic E-state index is 12.7. The van der Waals surface area contributed by atoms with Gasteiger partial charge in [-0.3, -0.25) is 4.79 Å². The molecule has 0 aliphatic rings. The highest BCUT2D eigenvalue weighted by molar-refractivity contribution is 5.77. The Labute approximate surface area is 122 Å². The van der Waals surface area contributed by atoms with Gasteiger partial charge in [0.2, 0.25) is 0 Å². The van der Waals surface area contributed by atoms with Crippen LogP contribution < -0.4 is 15.8 Å². The number of amides is 1. The molecule has 0 aliphatic carbocycles. The number of carbonyl (C=O) groups excluding carboxylic acids is 1. The van der Waals surface area contributed by atoms with Gasteiger partial charge in [-0.1, -0.05) is 12.1 Å². The van der Waals surface area contributed by atoms with E-state index in [0.29, 0.717) is 24.4 Å². The lowest BCUT2D eigenvalue weighted by atomic mass is 10.1. The first-order valence-corrected chi connectivity index (χ1v) is 6.63. The Morgan fingerprint density at radius 3 is 2.43 bits per heavy atom. The summed E-state index contributed by atoms with van der Waals surface area (Å²) in [5, 5.41) is 2.75. The fraction of sp³-hybridized carbons (Fsp3) is 0.188. The minimum Gasteiger partial charge on any atom is -0.484 e. The number of halogens is 1. The lowest BCUT2D eigenvalue weighted by Gasteiger charge is -2.08. The van der Waals surface area contributed by atoms with E-state index in [4.69, 9.17) is 10.5 Å². The predicted molar refractivity (Wildman–Crippen MR) is 79.5 cm³/mol. The number of benzene rings is 2. The lowest BCUT2D eigenvalue weighted by Crippen LogP contribution is -2.30. The smallest absolute Gasteiger partial charge is 0.257 e. The van der Waals surface area contributed by atoms with Gasteiger partial charge in [0, 0.05) is 12.2 Å². The van der Waals surface area contributed by atoms with Crippen molar-refractivity contribution in [3.8, 4) is 5.75 Å². The van der Waals surface area contributed by atoms with Gasteiger partial charge in [-0.2, -0.15) is 0 Å². The molecule has 0 aromatic heterocycles. The van der Waals surface area contributed by atoms with Crippen molar-refractivity contribution in [1.29, 1.82) is 0 Å². The summed E-state index contributed by atoms with van der Waals surface area (Å²) in [6.45, 7) is 0.433. The second kappa shape index (κ2) is 7.28. The largest absolute Gasteiger partial charge is 0.484 e. The zero-order chi connectivity index (χ0) is 15.1. The fourth-order valence-electron chi connectivity index (χ4n) is 1.76. The van der Waals surface area contributed by atoms with Crippen LogP contribution in [0.25, 0.3) is 0 Å². The number of hydrogen-bond acceptors (Lipinski definition) is 3. The zero-order valence-corrected chi connectivity index (χ0v) is 11.5. The second-order valence-corrected chi connectivity index (χ2v) is 4.58. The van der Waals surface area contributed by atoms with E-state index in [2.05, 4.69) is 5.32 Å². The molecule has 0 bridgehead atoms. The molecule has 0 aliphatic heterocycles. The first-order valence-electron chi connectivity index (χ1n) is 6.63. The van der Waals surface area contributed by atoms with E-state index < -0.39 is 0 Å². The molecule has 0 fully saturated rings. The molecule has 1 amide bonds. The summed E-state index contributed by atoms with van der Waals surface area (Å²) in [4.78, 5) is 11.6. The molecule has 5 heteroatoms. The Morgan fingerprint density at radius 2 is 1.76 bits per heavy atom. The number of nitrogen functional groups attached to an aromatic ring is 1. The molecule has 0 spiro atoms. The minimum absolute atomic E-state index is 0.0483. The van der Waals surface area contributed by atoms with Crippen molar-refractivity contribution in [3.05, 3.63) is 59.9 Å². The molecule has 0 unspecified atom stereocenters. The molecule has 0 saturated carbocycles. The number of nitrogens with two attached hydrogens (primary N) is 1. The quantitative estimate of drug-likeness (QED) is 0.800. The number of ether oxygens (including phenoxy) is 1. The number of hydrogen-bond donors (Lipinski definition) is 2. The molecule has 21 heavy (non-hydrogen) atoms. The van der Waals surface area contributed by atoms with E-state index in [9.17, 15) is 9.18 Å². The Morgan fingerprint density at radius 1 is 1.10 bits per heavy atom. The van der Waals surface area contributed by atoms with E-state index in [1.165, 1.54) is 12.1 Å². The Kier molecular flexibility index (Phi) is 5.15. The molecule has 0 atom stereocenters. The number of carbonyl (C=O) groups is 1. The Bertz CT molecular complexity index is 582. The average Bonchev–Trinajstić information content (AvgIpc) is 2.49. The Balaban J connectivity index is 1.67. The average molecular weight is 288 g/mol. The van der Waals surface area contributed by atoms with Crippen LogP contribution in [0.5, 0.6) is 5.75 Å². The highest BCUT2D eigenvalue weighted by Crippen LogP contribution is 2.12. The lowest BCUT2D eigenvalue weighted by molar-refractivity contribution is -0.123. The van der Waals surface area contributed by atoms with Gasteiger partial charge < -0.3 is 15.8 Å². The van der Waals surface area contributed by atoms with E-state index in [0.717, 1.165) is 5.56 Å². The maximum atomic E-state index is 12.7. The van der Waals surface area contributed by atoms with Gasteiger partial charge in [0.1, 0.15) is 11.6 Å². The van der Waals surface area contributed by atoms with Crippen LogP contribution in [0.4, 0.5) is 10.1 Å². The molecule has 2 aromatic carbocycles. The van der Waals surface area contributed by atoms with Crippen LogP contribution in [0.3, 0.4) is 0 Å². The van der Waals surface area contributed by atoms with Gasteiger partial charge in [0.25, 0.3) is 5.91 Å². The summed E-state index contributed by atoms with van der Waals surface area (Å²) in [5.74, 6) is 0.131. The first-order chi connectivity index (χ1) is 10.1. The first kappa shape index (κ1) is 14.8. The maximum Gasteiger partial charge on any atom is 0.257 e. The molecule has 110 valence electrons. The van der Waals surface area contributed by atoms with Crippen molar-refractivity contribution >= 4 is 11.6 Å². The van der Waals surface area contributed by atoms with Gasteiger partial charge in [0.15, 0.2) is 6.61 Å². The van der Waals surface area contributed by atoms with Crippen molar-refractivity contribution in [2.75, 3.05) is 18.9 Å². The molecular formula is C16H17FN2O2. The van der Waals surface area contributed by atoms with Crippen LogP contribution in [0.15, 0.2) is 48.5 Å². The van der Waals surface area contributed by atoms with Gasteiger partial charge in [0.05, 0.1) is 0 Å².